The second-order valence-electron chi connectivity index (χ2n) is 10.4. The number of aliphatic carboxylic acids is 2. The van der Waals surface area contributed by atoms with E-state index in [1.54, 1.807) is 0 Å². The van der Waals surface area contributed by atoms with Crippen LogP contribution in [-0.2, 0) is 26.2 Å². The minimum Gasteiger partial charge on any atom is -0.478 e. The van der Waals surface area contributed by atoms with Crippen molar-refractivity contribution in [2.45, 2.75) is 51.1 Å². The molecule has 0 aromatic heterocycles. The lowest BCUT2D eigenvalue weighted by molar-refractivity contribution is -0.134. The number of halogens is 1. The third kappa shape index (κ3) is 13.2. The van der Waals surface area contributed by atoms with E-state index in [4.69, 9.17) is 21.8 Å². The lowest BCUT2D eigenvalue weighted by atomic mass is 9.99. The maximum absolute atomic E-state index is 11.9. The maximum Gasteiger partial charge on any atom is 0.328 e. The molecule has 3 N–H and O–H groups in total. The summed E-state index contributed by atoms with van der Waals surface area (Å²) in [5, 5.41) is 16.4. The van der Waals surface area contributed by atoms with Crippen LogP contribution in [0.2, 0.25) is 5.02 Å². The van der Waals surface area contributed by atoms with Crippen LogP contribution in [0, 0.1) is 0 Å². The summed E-state index contributed by atoms with van der Waals surface area (Å²) < 4.78 is 26.6. The zero-order valence-electron chi connectivity index (χ0n) is 23.3. The van der Waals surface area contributed by atoms with E-state index in [0.29, 0.717) is 12.2 Å². The molecule has 0 atom stereocenters. The van der Waals surface area contributed by atoms with Gasteiger partial charge in [-0.25, -0.2) is 22.7 Å². The molecule has 1 heterocycles. The van der Waals surface area contributed by atoms with Crippen molar-refractivity contribution >= 4 is 33.6 Å². The van der Waals surface area contributed by atoms with Gasteiger partial charge in [-0.2, -0.15) is 0 Å². The summed E-state index contributed by atoms with van der Waals surface area (Å²) in [5.74, 6) is -2.24. The standard InChI is InChI=1S/C26H36ClN3O2S.C4H4O4/c27-24-10-7-9-22(20-24)26-11-4-3-8-23(26)21-30-17-15-29(16-18-30)14-5-1-2-6-19-33(31,32)28-25-12-13-25;5-3(6)1-2-4(7)8/h3-4,7-11,20,25,28H,1-2,5-6,12-19,21H2;1-2H,(H,5,6)(H,7,8). The van der Waals surface area contributed by atoms with Crippen LogP contribution in [0.4, 0.5) is 0 Å². The Balaban J connectivity index is 0.000000507. The molecule has 1 aliphatic carbocycles. The van der Waals surface area contributed by atoms with Gasteiger partial charge in [-0.15, -0.1) is 0 Å². The molecule has 41 heavy (non-hydrogen) atoms. The molecule has 1 saturated heterocycles. The average molecular weight is 606 g/mol. The highest BCUT2D eigenvalue weighted by Gasteiger charge is 2.26. The van der Waals surface area contributed by atoms with Crippen LogP contribution >= 0.6 is 11.6 Å². The fourth-order valence-electron chi connectivity index (χ4n) is 4.65. The Morgan fingerprint density at radius 2 is 1.51 bits per heavy atom. The average Bonchev–Trinajstić information content (AvgIpc) is 3.74. The van der Waals surface area contributed by atoms with Crippen LogP contribution in [0.25, 0.3) is 11.1 Å². The second kappa shape index (κ2) is 16.6. The monoisotopic (exact) mass is 605 g/mol. The lowest BCUT2D eigenvalue weighted by Gasteiger charge is -2.35. The fourth-order valence-corrected chi connectivity index (χ4v) is 6.28. The van der Waals surface area contributed by atoms with Crippen molar-refractivity contribution in [2.24, 2.45) is 0 Å². The molecule has 0 spiro atoms. The number of nitrogens with one attached hydrogen (secondary N) is 1. The number of carboxylic acids is 2. The molecule has 9 nitrogen and oxygen atoms in total. The molecule has 0 bridgehead atoms. The molecule has 2 aromatic rings. The molecule has 11 heteroatoms. The minimum atomic E-state index is -3.05. The molecule has 1 saturated carbocycles. The molecule has 224 valence electrons. The van der Waals surface area contributed by atoms with Crippen LogP contribution in [-0.4, -0.2) is 84.9 Å². The number of unbranched alkanes of at least 4 members (excludes halogenated alkanes) is 3. The van der Waals surface area contributed by atoms with E-state index in [0.717, 1.165) is 82.8 Å². The van der Waals surface area contributed by atoms with Crippen LogP contribution in [0.3, 0.4) is 0 Å². The predicted octanol–water partition coefficient (Wildman–Crippen LogP) is 4.48. The summed E-state index contributed by atoms with van der Waals surface area (Å²) >= 11 is 6.22. The SMILES string of the molecule is O=C(O)C=CC(=O)O.O=S(=O)(CCCCCCN1CCN(Cc2ccccc2-c2cccc(Cl)c2)CC1)NC1CC1. The van der Waals surface area contributed by atoms with Crippen LogP contribution in [0.15, 0.2) is 60.7 Å². The number of sulfonamides is 1. The van der Waals surface area contributed by atoms with Gasteiger partial charge in [0.2, 0.25) is 10.0 Å². The van der Waals surface area contributed by atoms with Crippen molar-refractivity contribution in [1.29, 1.82) is 0 Å². The zero-order valence-corrected chi connectivity index (χ0v) is 24.8. The number of piperazine rings is 1. The molecule has 0 radical (unpaired) electrons. The summed E-state index contributed by atoms with van der Waals surface area (Å²) in [7, 11) is -3.05. The molecule has 1 aliphatic heterocycles. The van der Waals surface area contributed by atoms with Crippen LogP contribution in [0.1, 0.15) is 44.1 Å². The van der Waals surface area contributed by atoms with Gasteiger partial charge >= 0.3 is 11.9 Å². The van der Waals surface area contributed by atoms with E-state index in [1.807, 2.05) is 18.2 Å². The first kappa shape index (κ1) is 32.8. The van der Waals surface area contributed by atoms with Crippen molar-refractivity contribution in [2.75, 3.05) is 38.5 Å². The van der Waals surface area contributed by atoms with Gasteiger partial charge in [0.05, 0.1) is 5.75 Å². The largest absolute Gasteiger partial charge is 0.478 e. The van der Waals surface area contributed by atoms with Gasteiger partial charge in [-0.05, 0) is 61.1 Å². The number of hydrogen-bond donors (Lipinski definition) is 3. The van der Waals surface area contributed by atoms with Crippen LogP contribution < -0.4 is 4.72 Å². The number of hydrogen-bond acceptors (Lipinski definition) is 6. The fraction of sp³-hybridized carbons (Fsp3) is 0.467. The summed E-state index contributed by atoms with van der Waals surface area (Å²) in [6.45, 7) is 6.42. The number of carbonyl (C=O) groups is 2. The topological polar surface area (TPSA) is 127 Å². The van der Waals surface area contributed by atoms with Gasteiger partial charge in [-0.1, -0.05) is 60.8 Å². The summed E-state index contributed by atoms with van der Waals surface area (Å²) in [5.41, 5.74) is 3.78. The highest BCUT2D eigenvalue weighted by atomic mass is 35.5. The third-order valence-corrected chi connectivity index (χ3v) is 8.69. The summed E-state index contributed by atoms with van der Waals surface area (Å²) in [4.78, 5) is 24.2. The minimum absolute atomic E-state index is 0.221. The number of benzene rings is 2. The Hall–Kier alpha value is -2.76. The summed E-state index contributed by atoms with van der Waals surface area (Å²) in [6, 6.07) is 16.9. The molecule has 0 unspecified atom stereocenters. The Bertz CT molecular complexity index is 1260. The van der Waals surface area contributed by atoms with Crippen molar-refractivity contribution in [1.82, 2.24) is 14.5 Å². The van der Waals surface area contributed by atoms with E-state index in [9.17, 15) is 18.0 Å². The normalized spacial score (nSPS) is 16.3. The first-order valence-corrected chi connectivity index (χ1v) is 16.1. The number of carboxylic acid groups (broad SMARTS) is 2. The molecule has 2 aliphatic rings. The number of rotatable bonds is 14. The van der Waals surface area contributed by atoms with E-state index < -0.39 is 22.0 Å². The Labute approximate surface area is 247 Å². The number of nitrogens with zero attached hydrogens (tertiary/aromatic N) is 2. The molecule has 4 rings (SSSR count). The first-order valence-electron chi connectivity index (χ1n) is 14.0. The van der Waals surface area contributed by atoms with E-state index in [1.165, 1.54) is 16.7 Å². The second-order valence-corrected chi connectivity index (χ2v) is 12.7. The van der Waals surface area contributed by atoms with Crippen LogP contribution in [0.5, 0.6) is 0 Å². The highest BCUT2D eigenvalue weighted by Crippen LogP contribution is 2.27. The zero-order chi connectivity index (χ0) is 29.7. The lowest BCUT2D eigenvalue weighted by Crippen LogP contribution is -2.46. The molecular weight excluding hydrogens is 566 g/mol. The van der Waals surface area contributed by atoms with E-state index >= 15 is 0 Å². The molecule has 2 fully saturated rings. The summed E-state index contributed by atoms with van der Waals surface area (Å²) in [6.07, 6.45) is 7.13. The predicted molar refractivity (Wildman–Crippen MR) is 161 cm³/mol. The Morgan fingerprint density at radius 3 is 2.15 bits per heavy atom. The maximum atomic E-state index is 11.9. The highest BCUT2D eigenvalue weighted by molar-refractivity contribution is 7.89. The van der Waals surface area contributed by atoms with E-state index in [2.05, 4.69) is 44.9 Å². The third-order valence-electron chi connectivity index (χ3n) is 6.94. The van der Waals surface area contributed by atoms with Gasteiger partial charge in [0, 0.05) is 55.9 Å². The van der Waals surface area contributed by atoms with E-state index in [-0.39, 0.29) is 11.8 Å². The molecule has 0 amide bonds. The van der Waals surface area contributed by atoms with Gasteiger partial charge in [-0.3, -0.25) is 4.90 Å². The quantitative estimate of drug-likeness (QED) is 0.212. The van der Waals surface area contributed by atoms with Gasteiger partial charge < -0.3 is 15.1 Å². The van der Waals surface area contributed by atoms with Crippen molar-refractivity contribution in [3.8, 4) is 11.1 Å². The van der Waals surface area contributed by atoms with Crippen molar-refractivity contribution in [3.05, 3.63) is 71.3 Å². The van der Waals surface area contributed by atoms with Crippen molar-refractivity contribution < 1.29 is 28.2 Å². The molecule has 2 aromatic carbocycles. The Morgan fingerprint density at radius 1 is 0.878 bits per heavy atom. The smallest absolute Gasteiger partial charge is 0.328 e. The van der Waals surface area contributed by atoms with Gasteiger partial charge in [0.15, 0.2) is 0 Å². The Kier molecular flexibility index (Phi) is 13.3. The van der Waals surface area contributed by atoms with Gasteiger partial charge in [0.25, 0.3) is 0 Å². The first-order chi connectivity index (χ1) is 19.6. The van der Waals surface area contributed by atoms with Gasteiger partial charge in [0.1, 0.15) is 0 Å². The van der Waals surface area contributed by atoms with Crippen molar-refractivity contribution in [3.63, 3.8) is 0 Å². The molecular formula is C30H40ClN3O6S.